The van der Waals surface area contributed by atoms with Gasteiger partial charge >= 0.3 is 0 Å². The van der Waals surface area contributed by atoms with E-state index in [9.17, 15) is 0 Å². The molecule has 0 saturated carbocycles. The maximum Gasteiger partial charge on any atom is 0.160 e. The Kier molecular flexibility index (Phi) is 4.82. The summed E-state index contributed by atoms with van der Waals surface area (Å²) in [6.45, 7) is 0. The van der Waals surface area contributed by atoms with Crippen LogP contribution in [0.5, 0.6) is 0 Å². The summed E-state index contributed by atoms with van der Waals surface area (Å²) in [5.74, 6) is 0. The molecule has 3 nitrogen and oxygen atoms in total. The molecule has 39 heavy (non-hydrogen) atoms. The van der Waals surface area contributed by atoms with Crippen molar-refractivity contribution in [3.05, 3.63) is 140 Å². The van der Waals surface area contributed by atoms with Crippen LogP contribution in [-0.2, 0) is 0 Å². The second kappa shape index (κ2) is 8.64. The molecule has 0 aliphatic rings. The second-order valence-corrected chi connectivity index (χ2v) is 9.75. The first-order chi connectivity index (χ1) is 19.3. The molecule has 2 heterocycles. The number of anilines is 3. The summed E-state index contributed by atoms with van der Waals surface area (Å²) < 4.78 is 12.9. The van der Waals surface area contributed by atoms with Gasteiger partial charge in [0.2, 0.25) is 0 Å². The molecule has 3 heteroatoms. The molecule has 184 valence electrons. The number of para-hydroxylation sites is 3. The number of fused-ring (bicyclic) bond motifs is 6. The van der Waals surface area contributed by atoms with Crippen molar-refractivity contribution in [1.82, 2.24) is 0 Å². The van der Waals surface area contributed by atoms with Gasteiger partial charge in [0, 0.05) is 33.3 Å². The summed E-state index contributed by atoms with van der Waals surface area (Å²) in [6, 6.07) is 48.2. The first-order valence-electron chi connectivity index (χ1n) is 13.1. The van der Waals surface area contributed by atoms with Crippen molar-refractivity contribution in [2.45, 2.75) is 0 Å². The molecule has 8 rings (SSSR count). The molecule has 0 spiro atoms. The lowest BCUT2D eigenvalue weighted by atomic mass is 9.98. The van der Waals surface area contributed by atoms with Crippen molar-refractivity contribution in [3.8, 4) is 11.1 Å². The Morgan fingerprint density at radius 1 is 0.436 bits per heavy atom. The number of benzene rings is 6. The first kappa shape index (κ1) is 21.8. The Bertz CT molecular complexity index is 2120. The smallest absolute Gasteiger partial charge is 0.160 e. The number of rotatable bonds is 4. The second-order valence-electron chi connectivity index (χ2n) is 9.75. The Labute approximate surface area is 225 Å². The molecule has 0 atom stereocenters. The van der Waals surface area contributed by atoms with Crippen molar-refractivity contribution in [1.29, 1.82) is 0 Å². The standard InChI is InChI=1S/C36H23NO2/c1-3-11-24(12-4-1)27-21-22-31(36-35(27)30-16-8-10-18-33(30)39-36)37(25-13-5-2-6-14-25)26-19-20-29-28-15-7-9-17-32(28)38-34(29)23-26/h1-23H. The first-order valence-corrected chi connectivity index (χ1v) is 13.1. The zero-order chi connectivity index (χ0) is 25.8. The molecule has 0 aliphatic heterocycles. The Hall–Kier alpha value is -5.28. The Balaban J connectivity index is 1.42. The van der Waals surface area contributed by atoms with Crippen LogP contribution < -0.4 is 4.90 Å². The molecule has 6 aromatic carbocycles. The van der Waals surface area contributed by atoms with Crippen LogP contribution in [0.3, 0.4) is 0 Å². The van der Waals surface area contributed by atoms with Gasteiger partial charge in [-0.05, 0) is 53.6 Å². The van der Waals surface area contributed by atoms with Crippen LogP contribution in [-0.4, -0.2) is 0 Å². The van der Waals surface area contributed by atoms with Gasteiger partial charge in [0.1, 0.15) is 16.7 Å². The molecule has 2 aromatic heterocycles. The predicted octanol–water partition coefficient (Wildman–Crippen LogP) is 10.6. The van der Waals surface area contributed by atoms with Crippen LogP contribution in [0, 0.1) is 0 Å². The average molecular weight is 502 g/mol. The molecule has 0 radical (unpaired) electrons. The topological polar surface area (TPSA) is 29.5 Å². The maximum absolute atomic E-state index is 6.64. The van der Waals surface area contributed by atoms with E-state index >= 15 is 0 Å². The van der Waals surface area contributed by atoms with Crippen LogP contribution in [0.2, 0.25) is 0 Å². The van der Waals surface area contributed by atoms with E-state index in [1.807, 2.05) is 42.5 Å². The summed E-state index contributed by atoms with van der Waals surface area (Å²) in [6.07, 6.45) is 0. The lowest BCUT2D eigenvalue weighted by molar-refractivity contribution is 0.667. The summed E-state index contributed by atoms with van der Waals surface area (Å²) in [5, 5.41) is 4.45. The molecule has 0 unspecified atom stereocenters. The highest BCUT2D eigenvalue weighted by molar-refractivity contribution is 6.17. The van der Waals surface area contributed by atoms with E-state index in [1.165, 1.54) is 0 Å². The number of hydrogen-bond acceptors (Lipinski definition) is 3. The summed E-state index contributed by atoms with van der Waals surface area (Å²) in [7, 11) is 0. The normalized spacial score (nSPS) is 11.6. The number of hydrogen-bond donors (Lipinski definition) is 0. The molecule has 0 fully saturated rings. The fourth-order valence-electron chi connectivity index (χ4n) is 5.71. The van der Waals surface area contributed by atoms with Gasteiger partial charge in [-0.15, -0.1) is 0 Å². The van der Waals surface area contributed by atoms with Gasteiger partial charge in [-0.3, -0.25) is 0 Å². The van der Waals surface area contributed by atoms with Crippen molar-refractivity contribution >= 4 is 60.9 Å². The van der Waals surface area contributed by atoms with Gasteiger partial charge in [-0.1, -0.05) is 91.0 Å². The highest BCUT2D eigenvalue weighted by atomic mass is 16.3. The molecular formula is C36H23NO2. The molecule has 0 bridgehead atoms. The van der Waals surface area contributed by atoms with E-state index in [0.717, 1.165) is 72.1 Å². The van der Waals surface area contributed by atoms with Crippen molar-refractivity contribution in [2.75, 3.05) is 4.90 Å². The van der Waals surface area contributed by atoms with Crippen molar-refractivity contribution < 1.29 is 8.83 Å². The van der Waals surface area contributed by atoms with Crippen LogP contribution >= 0.6 is 0 Å². The third-order valence-electron chi connectivity index (χ3n) is 7.47. The molecule has 8 aromatic rings. The molecular weight excluding hydrogens is 478 g/mol. The van der Waals surface area contributed by atoms with Crippen molar-refractivity contribution in [3.63, 3.8) is 0 Å². The van der Waals surface area contributed by atoms with Gasteiger partial charge in [0.15, 0.2) is 5.58 Å². The minimum atomic E-state index is 0.853. The SMILES string of the molecule is c1ccc(-c2ccc(N(c3ccccc3)c3ccc4c(c3)oc3ccccc34)c3oc4ccccc4c23)cc1. The Morgan fingerprint density at radius 2 is 1.08 bits per heavy atom. The lowest BCUT2D eigenvalue weighted by Gasteiger charge is -2.26. The van der Waals surface area contributed by atoms with Gasteiger partial charge < -0.3 is 13.7 Å². The molecule has 0 amide bonds. The summed E-state index contributed by atoms with van der Waals surface area (Å²) >= 11 is 0. The predicted molar refractivity (Wildman–Crippen MR) is 161 cm³/mol. The van der Waals surface area contributed by atoms with Gasteiger partial charge in [-0.2, -0.15) is 0 Å². The van der Waals surface area contributed by atoms with E-state index in [4.69, 9.17) is 8.83 Å². The average Bonchev–Trinajstić information content (AvgIpc) is 3.57. The van der Waals surface area contributed by atoms with Gasteiger partial charge in [-0.25, -0.2) is 0 Å². The van der Waals surface area contributed by atoms with Crippen LogP contribution in [0.25, 0.3) is 55.0 Å². The molecule has 0 saturated heterocycles. The van der Waals surface area contributed by atoms with Crippen LogP contribution in [0.4, 0.5) is 17.1 Å². The number of nitrogens with zero attached hydrogens (tertiary/aromatic N) is 1. The third kappa shape index (κ3) is 3.44. The van der Waals surface area contributed by atoms with Gasteiger partial charge in [0.25, 0.3) is 0 Å². The zero-order valence-electron chi connectivity index (χ0n) is 21.0. The van der Waals surface area contributed by atoms with Crippen LogP contribution in [0.15, 0.2) is 148 Å². The van der Waals surface area contributed by atoms with E-state index in [-0.39, 0.29) is 0 Å². The van der Waals surface area contributed by atoms with E-state index < -0.39 is 0 Å². The summed E-state index contributed by atoms with van der Waals surface area (Å²) in [4.78, 5) is 2.26. The van der Waals surface area contributed by atoms with E-state index in [1.54, 1.807) is 0 Å². The maximum atomic E-state index is 6.64. The highest BCUT2D eigenvalue weighted by Gasteiger charge is 2.22. The lowest BCUT2D eigenvalue weighted by Crippen LogP contribution is -2.10. The summed E-state index contributed by atoms with van der Waals surface area (Å²) in [5.41, 5.74) is 8.81. The Morgan fingerprint density at radius 3 is 1.87 bits per heavy atom. The fourth-order valence-corrected chi connectivity index (χ4v) is 5.71. The van der Waals surface area contributed by atoms with Crippen molar-refractivity contribution in [2.24, 2.45) is 0 Å². The quantitative estimate of drug-likeness (QED) is 0.240. The van der Waals surface area contributed by atoms with E-state index in [2.05, 4.69) is 102 Å². The monoisotopic (exact) mass is 501 g/mol. The van der Waals surface area contributed by atoms with Crippen LogP contribution in [0.1, 0.15) is 0 Å². The fraction of sp³-hybridized carbons (Fsp3) is 0. The molecule has 0 aliphatic carbocycles. The highest BCUT2D eigenvalue weighted by Crippen LogP contribution is 2.46. The van der Waals surface area contributed by atoms with E-state index in [0.29, 0.717) is 0 Å². The minimum Gasteiger partial charge on any atom is -0.456 e. The minimum absolute atomic E-state index is 0.853. The third-order valence-corrected chi connectivity index (χ3v) is 7.47. The largest absolute Gasteiger partial charge is 0.456 e. The number of furan rings is 2. The zero-order valence-corrected chi connectivity index (χ0v) is 21.0. The molecule has 0 N–H and O–H groups in total. The van der Waals surface area contributed by atoms with Gasteiger partial charge in [0.05, 0.1) is 11.4 Å².